The third kappa shape index (κ3) is 29.3. The molecule has 0 aromatic carbocycles. The van der Waals surface area contributed by atoms with E-state index in [2.05, 4.69) is 18.2 Å². The zero-order valence-electron chi connectivity index (χ0n) is 18.3. The van der Waals surface area contributed by atoms with Crippen LogP contribution in [0.2, 0.25) is 0 Å². The van der Waals surface area contributed by atoms with E-state index in [9.17, 15) is 4.79 Å². The molecule has 0 saturated heterocycles. The van der Waals surface area contributed by atoms with Gasteiger partial charge in [0, 0.05) is 13.2 Å². The minimum atomic E-state index is -0.877. The van der Waals surface area contributed by atoms with Gasteiger partial charge in [0.1, 0.15) is 0 Å². The van der Waals surface area contributed by atoms with Gasteiger partial charge in [-0.05, 0) is 6.42 Å². The average molecular weight is 423 g/mol. The lowest BCUT2D eigenvalue weighted by Gasteiger charge is -2.09. The standard InChI is InChI=1S/C12H22O2.C9H20O6/c1-3-5-6-7-8-9-10-11-14-12(13)4-2;1-12-9(11)8-15-7-6-14-5-4-13-3-2-10/h4H,2-3,5-11H2,1H3;9-11H,2-8H2,1H3. The summed E-state index contributed by atoms with van der Waals surface area (Å²) >= 11 is 0. The number of aliphatic hydroxyl groups excluding tert-OH is 2. The number of aliphatic hydroxyl groups is 2. The first-order valence-corrected chi connectivity index (χ1v) is 10.5. The lowest BCUT2D eigenvalue weighted by atomic mass is 10.1. The van der Waals surface area contributed by atoms with Gasteiger partial charge < -0.3 is 33.9 Å². The van der Waals surface area contributed by atoms with E-state index in [0.717, 1.165) is 12.8 Å². The second-order valence-electron chi connectivity index (χ2n) is 6.21. The van der Waals surface area contributed by atoms with Gasteiger partial charge in [-0.2, -0.15) is 0 Å². The summed E-state index contributed by atoms with van der Waals surface area (Å²) < 4.78 is 24.6. The second-order valence-corrected chi connectivity index (χ2v) is 6.21. The Hall–Kier alpha value is -1.03. The number of unbranched alkanes of at least 4 members (excludes halogenated alkanes) is 6. The normalized spacial score (nSPS) is 11.4. The van der Waals surface area contributed by atoms with Gasteiger partial charge in [-0.25, -0.2) is 4.79 Å². The summed E-state index contributed by atoms with van der Waals surface area (Å²) in [5.41, 5.74) is 0. The van der Waals surface area contributed by atoms with Gasteiger partial charge in [-0.1, -0.05) is 52.0 Å². The highest BCUT2D eigenvalue weighted by Gasteiger charge is 1.99. The van der Waals surface area contributed by atoms with Gasteiger partial charge in [0.2, 0.25) is 0 Å². The fourth-order valence-corrected chi connectivity index (χ4v) is 2.05. The molecule has 8 heteroatoms. The Labute approximate surface area is 176 Å². The predicted octanol–water partition coefficient (Wildman–Crippen LogP) is 2.46. The molecule has 0 fully saturated rings. The predicted molar refractivity (Wildman–Crippen MR) is 112 cm³/mol. The maximum Gasteiger partial charge on any atom is 0.330 e. The maximum absolute atomic E-state index is 10.6. The maximum atomic E-state index is 10.6. The quantitative estimate of drug-likeness (QED) is 0.133. The molecule has 0 rings (SSSR count). The first kappa shape index (κ1) is 30.2. The van der Waals surface area contributed by atoms with Crippen molar-refractivity contribution in [3.63, 3.8) is 0 Å². The number of ether oxygens (including phenoxy) is 5. The van der Waals surface area contributed by atoms with Gasteiger partial charge in [0.25, 0.3) is 0 Å². The molecule has 8 nitrogen and oxygen atoms in total. The van der Waals surface area contributed by atoms with E-state index >= 15 is 0 Å². The highest BCUT2D eigenvalue weighted by molar-refractivity contribution is 5.81. The van der Waals surface area contributed by atoms with Crippen molar-refractivity contribution in [3.8, 4) is 0 Å². The Morgan fingerprint density at radius 3 is 2.00 bits per heavy atom. The monoisotopic (exact) mass is 422 g/mol. The molecule has 0 heterocycles. The van der Waals surface area contributed by atoms with Crippen LogP contribution < -0.4 is 0 Å². The smallest absolute Gasteiger partial charge is 0.330 e. The molecular formula is C21H42O8. The van der Waals surface area contributed by atoms with Crippen LogP contribution in [0.3, 0.4) is 0 Å². The highest BCUT2D eigenvalue weighted by Crippen LogP contribution is 2.06. The zero-order chi connectivity index (χ0) is 22.0. The molecule has 0 bridgehead atoms. The van der Waals surface area contributed by atoms with Crippen molar-refractivity contribution < 1.29 is 38.7 Å². The van der Waals surface area contributed by atoms with E-state index < -0.39 is 6.29 Å². The minimum Gasteiger partial charge on any atom is -0.463 e. The molecule has 0 radical (unpaired) electrons. The summed E-state index contributed by atoms with van der Waals surface area (Å²) in [6.45, 7) is 8.37. The SMILES string of the molecule is C=CC(=O)OCCCCCCCCC.COC(O)COCCOCCOCCO. The molecule has 0 aliphatic carbocycles. The van der Waals surface area contributed by atoms with Crippen molar-refractivity contribution in [3.05, 3.63) is 12.7 Å². The molecule has 0 spiro atoms. The third-order valence-corrected chi connectivity index (χ3v) is 3.67. The molecule has 0 aromatic heterocycles. The van der Waals surface area contributed by atoms with Crippen LogP contribution in [0, 0.1) is 0 Å². The Balaban J connectivity index is 0. The molecule has 29 heavy (non-hydrogen) atoms. The Morgan fingerprint density at radius 1 is 0.897 bits per heavy atom. The van der Waals surface area contributed by atoms with E-state index in [1.165, 1.54) is 45.3 Å². The number of carbonyl (C=O) groups is 1. The Kier molecular flexibility index (Phi) is 28.1. The van der Waals surface area contributed by atoms with Gasteiger partial charge in [-0.15, -0.1) is 0 Å². The molecule has 174 valence electrons. The molecule has 1 atom stereocenters. The first-order valence-electron chi connectivity index (χ1n) is 10.5. The van der Waals surface area contributed by atoms with Crippen molar-refractivity contribution in [1.82, 2.24) is 0 Å². The first-order chi connectivity index (χ1) is 14.1. The largest absolute Gasteiger partial charge is 0.463 e. The van der Waals surface area contributed by atoms with Gasteiger partial charge >= 0.3 is 5.97 Å². The summed E-state index contributed by atoms with van der Waals surface area (Å²) in [6.07, 6.45) is 9.00. The van der Waals surface area contributed by atoms with Crippen LogP contribution >= 0.6 is 0 Å². The van der Waals surface area contributed by atoms with Crippen molar-refractivity contribution >= 4 is 5.97 Å². The fourth-order valence-electron chi connectivity index (χ4n) is 2.05. The topological polar surface area (TPSA) is 104 Å². The van der Waals surface area contributed by atoms with Crippen molar-refractivity contribution in [2.45, 2.75) is 58.2 Å². The van der Waals surface area contributed by atoms with E-state index in [4.69, 9.17) is 29.2 Å². The zero-order valence-corrected chi connectivity index (χ0v) is 18.3. The van der Waals surface area contributed by atoms with Crippen molar-refractivity contribution in [2.75, 3.05) is 60.0 Å². The number of methoxy groups -OCH3 is 1. The van der Waals surface area contributed by atoms with Crippen molar-refractivity contribution in [2.24, 2.45) is 0 Å². The van der Waals surface area contributed by atoms with Crippen LogP contribution in [0.25, 0.3) is 0 Å². The van der Waals surface area contributed by atoms with Crippen LogP contribution in [0.1, 0.15) is 51.9 Å². The number of carbonyl (C=O) groups excluding carboxylic acids is 1. The van der Waals surface area contributed by atoms with Crippen molar-refractivity contribution in [1.29, 1.82) is 0 Å². The summed E-state index contributed by atoms with van der Waals surface area (Å²) in [5.74, 6) is -0.309. The Bertz CT molecular complexity index is 339. The van der Waals surface area contributed by atoms with E-state index in [0.29, 0.717) is 39.6 Å². The summed E-state index contributed by atoms with van der Waals surface area (Å²) in [6, 6.07) is 0. The molecule has 1 unspecified atom stereocenters. The fraction of sp³-hybridized carbons (Fsp3) is 0.857. The van der Waals surface area contributed by atoms with Crippen LogP contribution in [-0.4, -0.2) is 82.4 Å². The summed E-state index contributed by atoms with van der Waals surface area (Å²) in [7, 11) is 1.41. The Morgan fingerprint density at radius 2 is 1.45 bits per heavy atom. The van der Waals surface area contributed by atoms with Crippen LogP contribution in [0.4, 0.5) is 0 Å². The lowest BCUT2D eigenvalue weighted by molar-refractivity contribution is -0.137. The van der Waals surface area contributed by atoms with Crippen LogP contribution in [-0.2, 0) is 28.5 Å². The number of rotatable bonds is 20. The third-order valence-electron chi connectivity index (χ3n) is 3.67. The molecule has 2 N–H and O–H groups in total. The number of esters is 1. The second kappa shape index (κ2) is 27.0. The molecule has 0 saturated carbocycles. The lowest BCUT2D eigenvalue weighted by Crippen LogP contribution is -2.19. The van der Waals surface area contributed by atoms with E-state index in [1.54, 1.807) is 0 Å². The summed E-state index contributed by atoms with van der Waals surface area (Å²) in [5, 5.41) is 17.3. The van der Waals surface area contributed by atoms with Crippen LogP contribution in [0.15, 0.2) is 12.7 Å². The van der Waals surface area contributed by atoms with Crippen LogP contribution in [0.5, 0.6) is 0 Å². The number of hydrogen-bond acceptors (Lipinski definition) is 8. The highest BCUT2D eigenvalue weighted by atomic mass is 16.6. The molecular weight excluding hydrogens is 380 g/mol. The average Bonchev–Trinajstić information content (AvgIpc) is 2.74. The molecule has 0 aliphatic heterocycles. The van der Waals surface area contributed by atoms with E-state index in [-0.39, 0.29) is 19.2 Å². The number of hydrogen-bond donors (Lipinski definition) is 2. The molecule has 0 aromatic rings. The minimum absolute atomic E-state index is 0.0258. The van der Waals surface area contributed by atoms with Gasteiger partial charge in [0.05, 0.1) is 52.9 Å². The van der Waals surface area contributed by atoms with Gasteiger partial charge in [0.15, 0.2) is 6.29 Å². The van der Waals surface area contributed by atoms with Gasteiger partial charge in [-0.3, -0.25) is 0 Å². The molecule has 0 aliphatic rings. The van der Waals surface area contributed by atoms with E-state index in [1.807, 2.05) is 0 Å². The molecule has 0 amide bonds. The summed E-state index contributed by atoms with van der Waals surface area (Å²) in [4.78, 5) is 10.6.